The molecule has 0 radical (unpaired) electrons. The van der Waals surface area contributed by atoms with Crippen molar-refractivity contribution in [3.63, 3.8) is 0 Å². The lowest BCUT2D eigenvalue weighted by Gasteiger charge is -1.84. The first-order valence-corrected chi connectivity index (χ1v) is 1.75. The second-order valence-corrected chi connectivity index (χ2v) is 1.14. The molecular weight excluding hydrogens is 92.1 g/mol. The molecule has 0 spiro atoms. The van der Waals surface area contributed by atoms with Gasteiger partial charge in [0.05, 0.1) is 0 Å². The van der Waals surface area contributed by atoms with Crippen molar-refractivity contribution >= 4 is 5.78 Å². The van der Waals surface area contributed by atoms with Crippen LogP contribution in [-0.4, -0.2) is 19.5 Å². The molecule has 0 heterocycles. The van der Waals surface area contributed by atoms with Crippen molar-refractivity contribution < 1.29 is 9.53 Å². The number of carbonyl (C=O) groups is 1. The first-order chi connectivity index (χ1) is 2.77. The Bertz CT molecular complexity index is 50.0. The summed E-state index contributed by atoms with van der Waals surface area (Å²) in [6.45, 7) is 1.73. The van der Waals surface area contributed by atoms with E-state index < -0.39 is 0 Å². The Hall–Kier alpha value is -0.370. The first-order valence-electron chi connectivity index (χ1n) is 1.75. The Morgan fingerprint density at radius 1 is 1.71 bits per heavy atom. The molecule has 2 heteroatoms. The van der Waals surface area contributed by atoms with E-state index in [-0.39, 0.29) is 19.8 Å². The SMILES string of the molecule is C.COCC(C)=O. The largest absolute Gasteiger partial charge is 0.377 e. The van der Waals surface area contributed by atoms with Crippen molar-refractivity contribution in [1.29, 1.82) is 0 Å². The minimum atomic E-state index is 0. The molecule has 0 aliphatic carbocycles. The summed E-state index contributed by atoms with van der Waals surface area (Å²) >= 11 is 0. The van der Waals surface area contributed by atoms with Gasteiger partial charge in [0, 0.05) is 7.11 Å². The van der Waals surface area contributed by atoms with Crippen LogP contribution in [-0.2, 0) is 9.53 Å². The summed E-state index contributed by atoms with van der Waals surface area (Å²) in [4.78, 5) is 9.92. The van der Waals surface area contributed by atoms with Gasteiger partial charge in [0.15, 0.2) is 5.78 Å². The van der Waals surface area contributed by atoms with E-state index in [0.717, 1.165) is 0 Å². The molecule has 7 heavy (non-hydrogen) atoms. The maximum Gasteiger partial charge on any atom is 0.155 e. The van der Waals surface area contributed by atoms with Crippen LogP contribution in [0.25, 0.3) is 0 Å². The van der Waals surface area contributed by atoms with E-state index in [4.69, 9.17) is 0 Å². The minimum absolute atomic E-state index is 0. The van der Waals surface area contributed by atoms with Crippen molar-refractivity contribution in [2.75, 3.05) is 13.7 Å². The van der Waals surface area contributed by atoms with E-state index in [0.29, 0.717) is 0 Å². The van der Waals surface area contributed by atoms with E-state index in [1.807, 2.05) is 0 Å². The lowest BCUT2D eigenvalue weighted by atomic mass is 10.5. The van der Waals surface area contributed by atoms with Crippen molar-refractivity contribution in [3.05, 3.63) is 0 Å². The highest BCUT2D eigenvalue weighted by Crippen LogP contribution is 1.65. The zero-order valence-corrected chi connectivity index (χ0v) is 4.02. The average Bonchev–Trinajstić information content (AvgIpc) is 1.35. The highest BCUT2D eigenvalue weighted by Gasteiger charge is 1.83. The van der Waals surface area contributed by atoms with Gasteiger partial charge in [0.25, 0.3) is 0 Å². The molecule has 0 aliphatic heterocycles. The summed E-state index contributed by atoms with van der Waals surface area (Å²) in [5.41, 5.74) is 0. The van der Waals surface area contributed by atoms with Crippen molar-refractivity contribution in [2.45, 2.75) is 14.4 Å². The molecule has 0 aromatic heterocycles. The molecule has 0 aromatic rings. The van der Waals surface area contributed by atoms with E-state index in [2.05, 4.69) is 4.74 Å². The number of methoxy groups -OCH3 is 1. The summed E-state index contributed by atoms with van der Waals surface area (Å²) in [5.74, 6) is 0.0671. The van der Waals surface area contributed by atoms with Crippen LogP contribution in [0.3, 0.4) is 0 Å². The topological polar surface area (TPSA) is 26.3 Å². The molecule has 0 amide bonds. The number of ketones is 1. The van der Waals surface area contributed by atoms with Gasteiger partial charge in [-0.25, -0.2) is 0 Å². The fraction of sp³-hybridized carbons (Fsp3) is 0.800. The predicted molar refractivity (Wildman–Crippen MR) is 29.3 cm³/mol. The fourth-order valence-corrected chi connectivity index (χ4v) is 0.203. The molecule has 2 nitrogen and oxygen atoms in total. The zero-order valence-electron chi connectivity index (χ0n) is 4.02. The maximum absolute atomic E-state index is 9.92. The second-order valence-electron chi connectivity index (χ2n) is 1.14. The molecular formula is C5H12O2. The third-order valence-electron chi connectivity index (χ3n) is 0.348. The van der Waals surface area contributed by atoms with Gasteiger partial charge < -0.3 is 4.74 Å². The van der Waals surface area contributed by atoms with Crippen LogP contribution in [0.4, 0.5) is 0 Å². The summed E-state index contributed by atoms with van der Waals surface area (Å²) in [7, 11) is 1.50. The van der Waals surface area contributed by atoms with Crippen LogP contribution < -0.4 is 0 Å². The monoisotopic (exact) mass is 104 g/mol. The number of rotatable bonds is 2. The van der Waals surface area contributed by atoms with Crippen LogP contribution in [0, 0.1) is 0 Å². The highest BCUT2D eigenvalue weighted by atomic mass is 16.5. The molecule has 0 unspecified atom stereocenters. The van der Waals surface area contributed by atoms with Gasteiger partial charge >= 0.3 is 0 Å². The van der Waals surface area contributed by atoms with Crippen LogP contribution in [0.2, 0.25) is 0 Å². The molecule has 0 bridgehead atoms. The van der Waals surface area contributed by atoms with Gasteiger partial charge in [-0.05, 0) is 6.92 Å². The molecule has 0 aliphatic rings. The third kappa shape index (κ3) is 10.7. The van der Waals surface area contributed by atoms with Crippen LogP contribution in [0.5, 0.6) is 0 Å². The standard InChI is InChI=1S/C4H8O2.CH4/c1-4(5)3-6-2;/h3H2,1-2H3;1H4. The third-order valence-corrected chi connectivity index (χ3v) is 0.348. The van der Waals surface area contributed by atoms with Gasteiger partial charge in [0.2, 0.25) is 0 Å². The lowest BCUT2D eigenvalue weighted by Crippen LogP contribution is -1.98. The quantitative estimate of drug-likeness (QED) is 0.519. The molecule has 0 atom stereocenters. The number of hydrogen-bond donors (Lipinski definition) is 0. The van der Waals surface area contributed by atoms with E-state index >= 15 is 0 Å². The average molecular weight is 104 g/mol. The van der Waals surface area contributed by atoms with Gasteiger partial charge in [-0.15, -0.1) is 0 Å². The number of hydrogen-bond acceptors (Lipinski definition) is 2. The Labute approximate surface area is 44.5 Å². The molecule has 0 N–H and O–H groups in total. The first kappa shape index (κ1) is 9.80. The Kier molecular flexibility index (Phi) is 7.88. The van der Waals surface area contributed by atoms with Crippen molar-refractivity contribution in [1.82, 2.24) is 0 Å². The van der Waals surface area contributed by atoms with Crippen LogP contribution in [0.15, 0.2) is 0 Å². The lowest BCUT2D eigenvalue weighted by molar-refractivity contribution is -0.120. The summed E-state index contributed by atoms with van der Waals surface area (Å²) in [6, 6.07) is 0. The number of Topliss-reactive ketones (excluding diaryl/α,β-unsaturated/α-hetero) is 1. The smallest absolute Gasteiger partial charge is 0.155 e. The van der Waals surface area contributed by atoms with Gasteiger partial charge in [0.1, 0.15) is 6.61 Å². The normalized spacial score (nSPS) is 7.14. The van der Waals surface area contributed by atoms with Gasteiger partial charge in [-0.3, -0.25) is 4.79 Å². The number of ether oxygens (including phenoxy) is 1. The Morgan fingerprint density at radius 3 is 2.14 bits per heavy atom. The van der Waals surface area contributed by atoms with E-state index in [1.54, 1.807) is 0 Å². The van der Waals surface area contributed by atoms with E-state index in [1.165, 1.54) is 14.0 Å². The summed E-state index contributed by atoms with van der Waals surface area (Å²) < 4.78 is 4.45. The van der Waals surface area contributed by atoms with Gasteiger partial charge in [-0.1, -0.05) is 7.43 Å². The maximum atomic E-state index is 9.92. The Morgan fingerprint density at radius 2 is 2.14 bits per heavy atom. The molecule has 0 saturated heterocycles. The van der Waals surface area contributed by atoms with Crippen LogP contribution >= 0.6 is 0 Å². The second kappa shape index (κ2) is 5.63. The Balaban J connectivity index is 0. The molecule has 0 aromatic carbocycles. The summed E-state index contributed by atoms with van der Waals surface area (Å²) in [6.07, 6.45) is 0. The molecule has 44 valence electrons. The number of carbonyl (C=O) groups excluding carboxylic acids is 1. The minimum Gasteiger partial charge on any atom is -0.377 e. The molecule has 0 fully saturated rings. The predicted octanol–water partition coefficient (Wildman–Crippen LogP) is 0.858. The van der Waals surface area contributed by atoms with Crippen molar-refractivity contribution in [3.8, 4) is 0 Å². The summed E-state index contributed by atoms with van der Waals surface area (Å²) in [5, 5.41) is 0. The van der Waals surface area contributed by atoms with E-state index in [9.17, 15) is 4.79 Å². The highest BCUT2D eigenvalue weighted by molar-refractivity contribution is 5.76. The molecule has 0 rings (SSSR count). The zero-order chi connectivity index (χ0) is 4.99. The van der Waals surface area contributed by atoms with Crippen molar-refractivity contribution in [2.24, 2.45) is 0 Å². The van der Waals surface area contributed by atoms with Gasteiger partial charge in [-0.2, -0.15) is 0 Å². The van der Waals surface area contributed by atoms with Crippen LogP contribution in [0.1, 0.15) is 14.4 Å². The molecule has 0 saturated carbocycles. The fourth-order valence-electron chi connectivity index (χ4n) is 0.203.